The Morgan fingerprint density at radius 2 is 0.667 bits per heavy atom. The number of hydrogen-bond donors (Lipinski definition) is 1. The molecule has 0 saturated heterocycles. The van der Waals surface area contributed by atoms with Gasteiger partial charge >= 0.3 is 51.4 Å². The molecule has 0 bridgehead atoms. The molecule has 0 atom stereocenters. The molecule has 0 aromatic heterocycles. The van der Waals surface area contributed by atoms with E-state index in [2.05, 4.69) is 137 Å². The Kier molecular flexibility index (Phi) is 30.5. The van der Waals surface area contributed by atoms with Gasteiger partial charge in [0.15, 0.2) is 8.32 Å². The van der Waals surface area contributed by atoms with Crippen LogP contribution in [0.4, 0.5) is 0 Å². The van der Waals surface area contributed by atoms with Gasteiger partial charge in [-0.1, -0.05) is 104 Å². The van der Waals surface area contributed by atoms with E-state index in [1.54, 1.807) is 0 Å². The highest BCUT2D eigenvalue weighted by Crippen LogP contribution is 2.62. The number of nitrogens with one attached hydrogen (secondary N) is 1. The minimum absolute atomic E-state index is 0.188. The standard InChI is InChI=1S/C45H106NO8PSi8/c1-21-25-28-31-34-37-40-55(41-38-35-32-29-26-22-2,42-39-36-33-30-27-23-3)44-57(7,8)49-59(11,12)51-61(15,16)53-63(19,20)54-62(17,18)52-60(13,14)50-58(9,10)48-56(5,6)43-46-45(47)24-4/h24H,4,21-23,25-44H2,1-3,5-20H3/p+1. The zero-order valence-corrected chi connectivity index (χ0v) is 54.2. The van der Waals surface area contributed by atoms with E-state index in [9.17, 15) is 4.79 Å². The molecule has 0 fully saturated rings. The maximum Gasteiger partial charge on any atom is 0.314 e. The largest absolute Gasteiger partial charge is 0.435 e. The molecule has 0 unspecified atom stereocenters. The molecular formula is C45H107NO8PSi8+. The summed E-state index contributed by atoms with van der Waals surface area (Å²) in [5, 5.41) is 2.91. The maximum absolute atomic E-state index is 11.8. The summed E-state index contributed by atoms with van der Waals surface area (Å²) in [5.74, 6) is 1.15. The van der Waals surface area contributed by atoms with Crippen LogP contribution in [0.3, 0.4) is 0 Å². The van der Waals surface area contributed by atoms with Crippen LogP contribution in [-0.2, 0) is 33.6 Å². The average Bonchev–Trinajstić information content (AvgIpc) is 3.07. The molecule has 1 N–H and O–H groups in total. The Hall–Kier alpha value is 1.10. The normalized spacial score (nSPS) is 14.1. The Morgan fingerprint density at radius 3 is 0.952 bits per heavy atom. The summed E-state index contributed by atoms with van der Waals surface area (Å²) >= 11 is 0. The summed E-state index contributed by atoms with van der Waals surface area (Å²) in [5.41, 5.74) is 0. The van der Waals surface area contributed by atoms with E-state index in [0.29, 0.717) is 6.17 Å². The lowest BCUT2D eigenvalue weighted by Crippen LogP contribution is -2.62. The van der Waals surface area contributed by atoms with E-state index in [1.807, 2.05) is 0 Å². The predicted molar refractivity (Wildman–Crippen MR) is 297 cm³/mol. The quantitative estimate of drug-likeness (QED) is 0.0281. The number of rotatable bonds is 40. The van der Waals surface area contributed by atoms with Crippen molar-refractivity contribution in [3.63, 3.8) is 0 Å². The van der Waals surface area contributed by atoms with Gasteiger partial charge in [-0.2, -0.15) is 0 Å². The van der Waals surface area contributed by atoms with Crippen LogP contribution in [0.2, 0.25) is 105 Å². The lowest BCUT2D eigenvalue weighted by atomic mass is 10.1. The van der Waals surface area contributed by atoms with Crippen LogP contribution in [0, 0.1) is 0 Å². The molecule has 0 aromatic carbocycles. The molecule has 0 aromatic rings. The topological polar surface area (TPSA) is 93.7 Å². The highest BCUT2D eigenvalue weighted by Gasteiger charge is 2.51. The number of hydrogen-bond acceptors (Lipinski definition) is 8. The fourth-order valence-corrected chi connectivity index (χ4v) is 60.9. The second kappa shape index (κ2) is 30.0. The molecule has 376 valence electrons. The van der Waals surface area contributed by atoms with E-state index in [-0.39, 0.29) is 5.91 Å². The van der Waals surface area contributed by atoms with Gasteiger partial charge in [0, 0.05) is 13.4 Å². The van der Waals surface area contributed by atoms with E-state index in [0.717, 1.165) is 0 Å². The summed E-state index contributed by atoms with van der Waals surface area (Å²) < 4.78 is 48.8. The van der Waals surface area contributed by atoms with Gasteiger partial charge in [0.25, 0.3) is 0 Å². The van der Waals surface area contributed by atoms with Gasteiger partial charge in [-0.15, -0.1) is 0 Å². The minimum atomic E-state index is -2.71. The zero-order chi connectivity index (χ0) is 48.7. The van der Waals surface area contributed by atoms with Gasteiger partial charge < -0.3 is 34.1 Å². The fourth-order valence-electron chi connectivity index (χ4n) is 9.92. The second-order valence-electron chi connectivity index (χ2n) is 22.5. The summed E-state index contributed by atoms with van der Waals surface area (Å²) in [6.45, 7) is 45.4. The first kappa shape index (κ1) is 64.1. The van der Waals surface area contributed by atoms with Crippen molar-refractivity contribution in [1.29, 1.82) is 0 Å². The molecule has 63 heavy (non-hydrogen) atoms. The number of carbonyl (C=O) groups is 1. The average molecular weight is 1050 g/mol. The molecule has 0 saturated carbocycles. The predicted octanol–water partition coefficient (Wildman–Crippen LogP) is 15.2. The summed E-state index contributed by atoms with van der Waals surface area (Å²) in [6, 6.07) is 0. The van der Waals surface area contributed by atoms with Crippen LogP contribution in [0.25, 0.3) is 0 Å². The third-order valence-corrected chi connectivity index (χ3v) is 49.6. The lowest BCUT2D eigenvalue weighted by Gasteiger charge is -2.44. The number of unbranched alkanes of at least 4 members (excludes halogenated alkanes) is 15. The molecule has 18 heteroatoms. The maximum atomic E-state index is 11.8. The van der Waals surface area contributed by atoms with E-state index in [1.165, 1.54) is 146 Å². The molecule has 0 aliphatic heterocycles. The third-order valence-electron chi connectivity index (χ3n) is 11.1. The Labute approximate surface area is 401 Å². The van der Waals surface area contributed by atoms with Crippen molar-refractivity contribution >= 4 is 81.2 Å². The Bertz CT molecular complexity index is 1230. The van der Waals surface area contributed by atoms with Gasteiger partial charge in [0.2, 0.25) is 14.2 Å². The van der Waals surface area contributed by atoms with Crippen molar-refractivity contribution in [2.45, 2.75) is 241 Å². The number of amides is 1. The first-order valence-corrected chi connectivity index (χ1v) is 51.1. The summed E-state index contributed by atoms with van der Waals surface area (Å²) in [6.07, 6.45) is 30.9. The highest BCUT2D eigenvalue weighted by molar-refractivity contribution is 7.77. The summed E-state index contributed by atoms with van der Waals surface area (Å²) in [4.78, 5) is 11.8. The summed E-state index contributed by atoms with van der Waals surface area (Å²) in [7, 11) is -21.5. The van der Waals surface area contributed by atoms with Crippen LogP contribution in [0.5, 0.6) is 0 Å². The van der Waals surface area contributed by atoms with Crippen LogP contribution in [-0.4, -0.2) is 104 Å². The SMILES string of the molecule is C=CC(=O)NC[Si](C)(C)O[Si](C)(C)O[Si](C)(C)O[Si](C)(C)O[Si](C)(C)O[Si](C)(C)O[Si](C)(C)O[Si](C)(C)C[P+](CCCCCCCC)(CCCCCCCC)CCCCCCCC. The second-order valence-corrected chi connectivity index (χ2v) is 57.7. The fraction of sp³-hybridized carbons (Fsp3) is 0.933. The molecule has 1 amide bonds. The van der Waals surface area contributed by atoms with Crippen molar-refractivity contribution in [3.8, 4) is 0 Å². The molecule has 0 spiro atoms. The van der Waals surface area contributed by atoms with Crippen LogP contribution in [0.15, 0.2) is 12.7 Å². The Balaban J connectivity index is 6.00. The third kappa shape index (κ3) is 33.3. The van der Waals surface area contributed by atoms with Gasteiger partial charge in [-0.3, -0.25) is 4.79 Å². The zero-order valence-electron chi connectivity index (χ0n) is 45.3. The van der Waals surface area contributed by atoms with E-state index in [4.69, 9.17) is 28.8 Å². The molecule has 9 nitrogen and oxygen atoms in total. The minimum Gasteiger partial charge on any atom is -0.435 e. The van der Waals surface area contributed by atoms with Crippen LogP contribution in [0.1, 0.15) is 136 Å². The van der Waals surface area contributed by atoms with Crippen LogP contribution >= 0.6 is 7.26 Å². The van der Waals surface area contributed by atoms with Crippen molar-refractivity contribution in [2.75, 3.05) is 30.4 Å². The van der Waals surface area contributed by atoms with Crippen molar-refractivity contribution in [1.82, 2.24) is 5.32 Å². The Morgan fingerprint density at radius 1 is 0.413 bits per heavy atom. The monoisotopic (exact) mass is 1040 g/mol. The van der Waals surface area contributed by atoms with E-state index < -0.39 is 75.3 Å². The molecule has 0 rings (SSSR count). The lowest BCUT2D eigenvalue weighted by molar-refractivity contribution is -0.116. The number of carbonyl (C=O) groups excluding carboxylic acids is 1. The highest BCUT2D eigenvalue weighted by atomic mass is 31.2. The van der Waals surface area contributed by atoms with Gasteiger partial charge in [-0.25, -0.2) is 0 Å². The molecular weight excluding hydrogens is 938 g/mol. The smallest absolute Gasteiger partial charge is 0.314 e. The molecule has 0 aliphatic carbocycles. The first-order valence-electron chi connectivity index (χ1n) is 25.5. The first-order chi connectivity index (χ1) is 28.8. The molecule has 0 aliphatic rings. The van der Waals surface area contributed by atoms with Crippen LogP contribution < -0.4 is 5.32 Å². The van der Waals surface area contributed by atoms with E-state index >= 15 is 0 Å². The van der Waals surface area contributed by atoms with Crippen molar-refractivity contribution < 1.29 is 33.6 Å². The molecule has 0 radical (unpaired) electrons. The molecule has 0 heterocycles. The van der Waals surface area contributed by atoms with Crippen molar-refractivity contribution in [2.24, 2.45) is 0 Å². The van der Waals surface area contributed by atoms with Gasteiger partial charge in [-0.05, 0) is 149 Å². The van der Waals surface area contributed by atoms with Crippen molar-refractivity contribution in [3.05, 3.63) is 12.7 Å². The van der Waals surface area contributed by atoms with Gasteiger partial charge in [0.1, 0.15) is 0 Å². The van der Waals surface area contributed by atoms with Gasteiger partial charge in [0.05, 0.1) is 24.3 Å².